The van der Waals surface area contributed by atoms with E-state index in [1.807, 2.05) is 48.0 Å². The topological polar surface area (TPSA) is 56.0 Å². The Labute approximate surface area is 120 Å². The molecule has 104 valence electrons. The third kappa shape index (κ3) is 1.64. The smallest absolute Gasteiger partial charge is 0.267 e. The van der Waals surface area contributed by atoms with Crippen molar-refractivity contribution in [2.24, 2.45) is 0 Å². The number of aryl methyl sites for hydroxylation is 1. The van der Waals surface area contributed by atoms with Gasteiger partial charge in [-0.1, -0.05) is 30.3 Å². The molecule has 0 aliphatic carbocycles. The molecule has 0 bridgehead atoms. The third-order valence-corrected chi connectivity index (χ3v) is 3.86. The fourth-order valence-corrected chi connectivity index (χ4v) is 2.95. The van der Waals surface area contributed by atoms with E-state index < -0.39 is 0 Å². The molecule has 5 nitrogen and oxygen atoms in total. The lowest BCUT2D eigenvalue weighted by molar-refractivity contribution is -0.116. The second kappa shape index (κ2) is 4.09. The highest BCUT2D eigenvalue weighted by atomic mass is 16.2. The SMILES string of the molecule is Cc1cc(=O)n2n1-c1ccc3ccccc3c1NC(=O)C2. The summed E-state index contributed by atoms with van der Waals surface area (Å²) in [5, 5.41) is 4.96. The molecule has 21 heavy (non-hydrogen) atoms. The normalized spacial score (nSPS) is 13.5. The zero-order valence-electron chi connectivity index (χ0n) is 11.5. The fourth-order valence-electron chi connectivity index (χ4n) is 2.95. The second-order valence-electron chi connectivity index (χ2n) is 5.22. The van der Waals surface area contributed by atoms with E-state index in [4.69, 9.17) is 0 Å². The first-order valence-electron chi connectivity index (χ1n) is 6.76. The van der Waals surface area contributed by atoms with Crippen molar-refractivity contribution < 1.29 is 4.79 Å². The molecule has 1 amide bonds. The van der Waals surface area contributed by atoms with Gasteiger partial charge in [-0.25, -0.2) is 4.68 Å². The van der Waals surface area contributed by atoms with Crippen LogP contribution < -0.4 is 10.9 Å². The van der Waals surface area contributed by atoms with Crippen LogP contribution in [0.3, 0.4) is 0 Å². The van der Waals surface area contributed by atoms with Crippen LogP contribution in [0.25, 0.3) is 16.5 Å². The molecule has 0 saturated heterocycles. The minimum Gasteiger partial charge on any atom is -0.322 e. The van der Waals surface area contributed by atoms with Gasteiger partial charge in [0.05, 0.1) is 11.4 Å². The van der Waals surface area contributed by atoms with E-state index in [0.717, 1.165) is 27.8 Å². The number of hydrogen-bond donors (Lipinski definition) is 1. The summed E-state index contributed by atoms with van der Waals surface area (Å²) in [6.07, 6.45) is 0. The monoisotopic (exact) mass is 279 g/mol. The van der Waals surface area contributed by atoms with E-state index in [1.54, 1.807) is 6.07 Å². The Morgan fingerprint density at radius 3 is 2.76 bits per heavy atom. The van der Waals surface area contributed by atoms with Crippen LogP contribution in [0, 0.1) is 6.92 Å². The van der Waals surface area contributed by atoms with Crippen molar-refractivity contribution in [3.8, 4) is 5.69 Å². The van der Waals surface area contributed by atoms with Gasteiger partial charge in [-0.15, -0.1) is 0 Å². The first-order valence-corrected chi connectivity index (χ1v) is 6.76. The molecule has 2 heterocycles. The molecule has 0 saturated carbocycles. The van der Waals surface area contributed by atoms with Crippen LogP contribution in [0.2, 0.25) is 0 Å². The van der Waals surface area contributed by atoms with Gasteiger partial charge >= 0.3 is 0 Å². The molecule has 5 heteroatoms. The minimum absolute atomic E-state index is 0.0235. The molecule has 0 radical (unpaired) electrons. The van der Waals surface area contributed by atoms with Crippen LogP contribution in [0.5, 0.6) is 0 Å². The molecule has 1 aromatic heterocycles. The zero-order valence-corrected chi connectivity index (χ0v) is 11.5. The Balaban J connectivity index is 2.16. The Hall–Kier alpha value is -2.82. The number of anilines is 1. The number of rotatable bonds is 0. The van der Waals surface area contributed by atoms with Crippen LogP contribution in [-0.2, 0) is 11.3 Å². The van der Waals surface area contributed by atoms with E-state index >= 15 is 0 Å². The van der Waals surface area contributed by atoms with Gasteiger partial charge in [-0.2, -0.15) is 0 Å². The highest BCUT2D eigenvalue weighted by Gasteiger charge is 2.22. The summed E-state index contributed by atoms with van der Waals surface area (Å²) in [4.78, 5) is 24.1. The maximum Gasteiger partial charge on any atom is 0.267 e. The summed E-state index contributed by atoms with van der Waals surface area (Å²) in [6.45, 7) is 1.89. The lowest BCUT2D eigenvalue weighted by Crippen LogP contribution is -2.26. The highest BCUT2D eigenvalue weighted by molar-refractivity contribution is 6.05. The molecule has 1 N–H and O–H groups in total. The molecule has 0 spiro atoms. The van der Waals surface area contributed by atoms with Crippen LogP contribution in [0.15, 0.2) is 47.3 Å². The molecule has 0 fully saturated rings. The van der Waals surface area contributed by atoms with Crippen LogP contribution in [-0.4, -0.2) is 15.3 Å². The molecule has 1 aliphatic heterocycles. The van der Waals surface area contributed by atoms with Gasteiger partial charge in [0.25, 0.3) is 5.56 Å². The van der Waals surface area contributed by atoms with Gasteiger partial charge in [0.15, 0.2) is 0 Å². The van der Waals surface area contributed by atoms with Crippen molar-refractivity contribution in [3.63, 3.8) is 0 Å². The third-order valence-electron chi connectivity index (χ3n) is 3.86. The molecule has 0 atom stereocenters. The molecule has 1 aliphatic rings. The van der Waals surface area contributed by atoms with E-state index in [0.29, 0.717) is 0 Å². The Morgan fingerprint density at radius 2 is 1.90 bits per heavy atom. The second-order valence-corrected chi connectivity index (χ2v) is 5.22. The lowest BCUT2D eigenvalue weighted by Gasteiger charge is -2.14. The summed E-state index contributed by atoms with van der Waals surface area (Å²) in [5.74, 6) is -0.188. The average molecular weight is 279 g/mol. The van der Waals surface area contributed by atoms with E-state index in [-0.39, 0.29) is 18.0 Å². The number of aromatic nitrogens is 2. The van der Waals surface area contributed by atoms with Crippen LogP contribution in [0.4, 0.5) is 5.69 Å². The maximum atomic E-state index is 12.1. The van der Waals surface area contributed by atoms with Crippen molar-refractivity contribution in [2.45, 2.75) is 13.5 Å². The number of fused-ring (bicyclic) bond motifs is 5. The summed E-state index contributed by atoms with van der Waals surface area (Å²) in [6, 6.07) is 13.4. The van der Waals surface area contributed by atoms with Gasteiger partial charge in [-0.3, -0.25) is 14.3 Å². The molecular formula is C16H13N3O2. The summed E-state index contributed by atoms with van der Waals surface area (Å²) < 4.78 is 3.27. The average Bonchev–Trinajstić information content (AvgIpc) is 2.66. The molecule has 2 aromatic carbocycles. The number of carbonyl (C=O) groups excluding carboxylic acids is 1. The van der Waals surface area contributed by atoms with Crippen molar-refractivity contribution in [1.82, 2.24) is 9.36 Å². The first kappa shape index (κ1) is 12.0. The Bertz CT molecular complexity index is 950. The molecule has 4 rings (SSSR count). The Morgan fingerprint density at radius 1 is 1.10 bits per heavy atom. The van der Waals surface area contributed by atoms with Crippen LogP contribution in [0.1, 0.15) is 5.69 Å². The molecular weight excluding hydrogens is 266 g/mol. The standard InChI is InChI=1S/C16H13N3O2/c1-10-8-15(21)18-9-14(20)17-16-12-5-3-2-4-11(12)6-7-13(16)19(10)18/h2-8H,9H2,1H3,(H,17,20). The predicted octanol–water partition coefficient (Wildman–Crippen LogP) is 2.05. The number of hydrogen-bond acceptors (Lipinski definition) is 2. The van der Waals surface area contributed by atoms with Gasteiger partial charge in [0.2, 0.25) is 5.91 Å². The van der Waals surface area contributed by atoms with E-state index in [9.17, 15) is 9.59 Å². The molecule has 3 aromatic rings. The summed E-state index contributed by atoms with van der Waals surface area (Å²) in [5.41, 5.74) is 2.22. The number of amides is 1. The van der Waals surface area contributed by atoms with Gasteiger partial charge in [0.1, 0.15) is 6.54 Å². The van der Waals surface area contributed by atoms with Gasteiger partial charge < -0.3 is 5.32 Å². The lowest BCUT2D eigenvalue weighted by atomic mass is 10.1. The zero-order chi connectivity index (χ0) is 14.6. The number of carbonyl (C=O) groups is 1. The van der Waals surface area contributed by atoms with Crippen LogP contribution >= 0.6 is 0 Å². The first-order chi connectivity index (χ1) is 10.1. The summed E-state index contributed by atoms with van der Waals surface area (Å²) >= 11 is 0. The number of nitrogens with zero attached hydrogens (tertiary/aromatic N) is 2. The van der Waals surface area contributed by atoms with Crippen molar-refractivity contribution in [3.05, 3.63) is 58.5 Å². The van der Waals surface area contributed by atoms with E-state index in [1.165, 1.54) is 4.68 Å². The van der Waals surface area contributed by atoms with E-state index in [2.05, 4.69) is 5.32 Å². The number of nitrogens with one attached hydrogen (secondary N) is 1. The largest absolute Gasteiger partial charge is 0.322 e. The van der Waals surface area contributed by atoms with Crippen molar-refractivity contribution in [1.29, 1.82) is 0 Å². The van der Waals surface area contributed by atoms with Gasteiger partial charge in [-0.05, 0) is 18.4 Å². The highest BCUT2D eigenvalue weighted by Crippen LogP contribution is 2.32. The van der Waals surface area contributed by atoms with Crippen molar-refractivity contribution >= 4 is 22.4 Å². The Kier molecular flexibility index (Phi) is 2.33. The maximum absolute atomic E-state index is 12.1. The minimum atomic E-state index is -0.188. The fraction of sp³-hybridized carbons (Fsp3) is 0.125. The predicted molar refractivity (Wildman–Crippen MR) is 80.9 cm³/mol. The molecule has 0 unspecified atom stereocenters. The quantitative estimate of drug-likeness (QED) is 0.684. The summed E-state index contributed by atoms with van der Waals surface area (Å²) in [7, 11) is 0. The van der Waals surface area contributed by atoms with Crippen molar-refractivity contribution in [2.75, 3.05) is 5.32 Å². The number of benzene rings is 2. The van der Waals surface area contributed by atoms with Gasteiger partial charge in [0, 0.05) is 17.1 Å².